The molecule has 0 atom stereocenters. The Kier molecular flexibility index (Phi) is 4.40. The maximum atomic E-state index is 12.9. The van der Waals surface area contributed by atoms with E-state index in [2.05, 4.69) is 15.3 Å². The summed E-state index contributed by atoms with van der Waals surface area (Å²) in [4.78, 5) is 21.9. The summed E-state index contributed by atoms with van der Waals surface area (Å²) in [5.41, 5.74) is 11.8. The summed E-state index contributed by atoms with van der Waals surface area (Å²) >= 11 is 0. The van der Waals surface area contributed by atoms with Crippen LogP contribution in [0.4, 0.5) is 11.5 Å². The van der Waals surface area contributed by atoms with Gasteiger partial charge in [0.05, 0.1) is 10.9 Å². The molecule has 0 aliphatic rings. The van der Waals surface area contributed by atoms with Crippen molar-refractivity contribution in [1.29, 1.82) is 0 Å². The van der Waals surface area contributed by atoms with E-state index in [0.717, 1.165) is 33.1 Å². The van der Waals surface area contributed by atoms with Crippen molar-refractivity contribution in [2.75, 3.05) is 11.1 Å². The number of nitrogens with one attached hydrogen (secondary N) is 1. The predicted molar refractivity (Wildman–Crippen MR) is 125 cm³/mol. The lowest BCUT2D eigenvalue weighted by molar-refractivity contribution is 0.101. The highest BCUT2D eigenvalue weighted by atomic mass is 16.2. The number of fused-ring (bicyclic) bond motifs is 3. The molecule has 2 heterocycles. The topological polar surface area (TPSA) is 85.8 Å². The second-order valence-corrected chi connectivity index (χ2v) is 7.64. The lowest BCUT2D eigenvalue weighted by Gasteiger charge is -2.09. The number of nitrogen functional groups attached to an aromatic ring is 1. The van der Waals surface area contributed by atoms with Crippen LogP contribution in [0.25, 0.3) is 27.6 Å². The normalized spacial score (nSPS) is 11.2. The summed E-state index contributed by atoms with van der Waals surface area (Å²) in [7, 11) is 0. The lowest BCUT2D eigenvalue weighted by atomic mass is 10.2. The van der Waals surface area contributed by atoms with Gasteiger partial charge in [-0.15, -0.1) is 0 Å². The molecule has 0 spiro atoms. The lowest BCUT2D eigenvalue weighted by Crippen LogP contribution is -2.17. The number of amides is 1. The average molecular weight is 407 g/mol. The number of anilines is 2. The van der Waals surface area contributed by atoms with Gasteiger partial charge in [-0.25, -0.2) is 9.97 Å². The smallest absolute Gasteiger partial charge is 0.293 e. The third-order valence-electron chi connectivity index (χ3n) is 5.35. The Morgan fingerprint density at radius 3 is 2.23 bits per heavy atom. The van der Waals surface area contributed by atoms with Crippen LogP contribution in [0.1, 0.15) is 21.7 Å². The molecular formula is C25H21N5O. The van der Waals surface area contributed by atoms with Crippen LogP contribution in [0.15, 0.2) is 72.8 Å². The molecule has 6 heteroatoms. The molecule has 31 heavy (non-hydrogen) atoms. The molecule has 0 aliphatic heterocycles. The monoisotopic (exact) mass is 407 g/mol. The van der Waals surface area contributed by atoms with Crippen molar-refractivity contribution < 1.29 is 4.79 Å². The number of para-hydroxylation sites is 1. The molecular weight excluding hydrogens is 386 g/mol. The zero-order valence-corrected chi connectivity index (χ0v) is 17.3. The minimum Gasteiger partial charge on any atom is -0.383 e. The maximum absolute atomic E-state index is 12.9. The van der Waals surface area contributed by atoms with Gasteiger partial charge in [0.15, 0.2) is 5.65 Å². The van der Waals surface area contributed by atoms with E-state index in [4.69, 9.17) is 5.73 Å². The second-order valence-electron chi connectivity index (χ2n) is 7.64. The first kappa shape index (κ1) is 18.8. The standard InChI is InChI=1S/C25H21N5O/c1-15-7-11-17(12-8-15)27-25(31)23-28-22(26)21-19-5-3-4-6-20(19)30(24(21)29-23)18-13-9-16(2)10-14-18/h3-14H,1-2H3,(H,27,31)(H2,26,28,29). The molecule has 0 saturated carbocycles. The van der Waals surface area contributed by atoms with E-state index in [1.165, 1.54) is 0 Å². The molecule has 0 aliphatic carbocycles. The van der Waals surface area contributed by atoms with Crippen LogP contribution in [0.5, 0.6) is 0 Å². The van der Waals surface area contributed by atoms with E-state index in [0.29, 0.717) is 11.3 Å². The first-order valence-electron chi connectivity index (χ1n) is 10.0. The molecule has 6 nitrogen and oxygen atoms in total. The van der Waals surface area contributed by atoms with Gasteiger partial charge in [-0.3, -0.25) is 9.36 Å². The molecule has 5 rings (SSSR count). The van der Waals surface area contributed by atoms with Gasteiger partial charge < -0.3 is 11.1 Å². The maximum Gasteiger partial charge on any atom is 0.293 e. The quantitative estimate of drug-likeness (QED) is 0.439. The number of benzene rings is 3. The zero-order valence-electron chi connectivity index (χ0n) is 17.3. The highest BCUT2D eigenvalue weighted by Gasteiger charge is 2.20. The summed E-state index contributed by atoms with van der Waals surface area (Å²) in [6.07, 6.45) is 0. The highest BCUT2D eigenvalue weighted by Crippen LogP contribution is 2.33. The average Bonchev–Trinajstić information content (AvgIpc) is 3.11. The first-order chi connectivity index (χ1) is 15.0. The van der Waals surface area contributed by atoms with Gasteiger partial charge in [-0.2, -0.15) is 0 Å². The Labute approximate surface area is 179 Å². The molecule has 0 unspecified atom stereocenters. The van der Waals surface area contributed by atoms with E-state index in [1.54, 1.807) is 0 Å². The van der Waals surface area contributed by atoms with Gasteiger partial charge in [0.2, 0.25) is 5.82 Å². The van der Waals surface area contributed by atoms with Gasteiger partial charge >= 0.3 is 0 Å². The Balaban J connectivity index is 1.70. The molecule has 1 amide bonds. The summed E-state index contributed by atoms with van der Waals surface area (Å²) in [6.45, 7) is 4.04. The Hall–Kier alpha value is -4.19. The third kappa shape index (κ3) is 3.28. The zero-order chi connectivity index (χ0) is 21.5. The second kappa shape index (κ2) is 7.25. The van der Waals surface area contributed by atoms with Gasteiger partial charge in [0, 0.05) is 16.8 Å². The molecule has 5 aromatic rings. The summed E-state index contributed by atoms with van der Waals surface area (Å²) in [5.74, 6) is -0.0963. The molecule has 0 fully saturated rings. The SMILES string of the molecule is Cc1ccc(NC(=O)c2nc(N)c3c4ccccc4n(-c4ccc(C)cc4)c3n2)cc1. The number of nitrogens with zero attached hydrogens (tertiary/aromatic N) is 3. The number of nitrogens with two attached hydrogens (primary N) is 1. The number of hydrogen-bond acceptors (Lipinski definition) is 4. The van der Waals surface area contributed by atoms with Crippen molar-refractivity contribution in [3.05, 3.63) is 89.7 Å². The van der Waals surface area contributed by atoms with Gasteiger partial charge in [-0.05, 0) is 44.2 Å². The molecule has 0 bridgehead atoms. The fourth-order valence-electron chi connectivity index (χ4n) is 3.76. The molecule has 0 radical (unpaired) electrons. The highest BCUT2D eigenvalue weighted by molar-refractivity contribution is 6.13. The minimum atomic E-state index is -0.404. The molecule has 2 aromatic heterocycles. The van der Waals surface area contributed by atoms with Crippen molar-refractivity contribution >= 4 is 39.3 Å². The largest absolute Gasteiger partial charge is 0.383 e. The van der Waals surface area contributed by atoms with E-state index >= 15 is 0 Å². The number of carbonyl (C=O) groups is 1. The van der Waals surface area contributed by atoms with E-state index < -0.39 is 5.91 Å². The summed E-state index contributed by atoms with van der Waals surface area (Å²) in [6, 6.07) is 23.7. The van der Waals surface area contributed by atoms with Crippen molar-refractivity contribution in [2.24, 2.45) is 0 Å². The van der Waals surface area contributed by atoms with Gasteiger partial charge in [0.1, 0.15) is 5.82 Å². The number of rotatable bonds is 3. The molecule has 0 saturated heterocycles. The predicted octanol–water partition coefficient (Wildman–Crippen LogP) is 5.03. The van der Waals surface area contributed by atoms with Crippen molar-refractivity contribution in [2.45, 2.75) is 13.8 Å². The van der Waals surface area contributed by atoms with Crippen LogP contribution in [0.3, 0.4) is 0 Å². The van der Waals surface area contributed by atoms with Crippen molar-refractivity contribution in [3.8, 4) is 5.69 Å². The molecule has 152 valence electrons. The van der Waals surface area contributed by atoms with E-state index in [1.807, 2.05) is 91.2 Å². The van der Waals surface area contributed by atoms with Crippen LogP contribution >= 0.6 is 0 Å². The fraction of sp³-hybridized carbons (Fsp3) is 0.0800. The molecule has 3 N–H and O–H groups in total. The number of carbonyl (C=O) groups excluding carboxylic acids is 1. The van der Waals surface area contributed by atoms with Crippen molar-refractivity contribution in [3.63, 3.8) is 0 Å². The van der Waals surface area contributed by atoms with Crippen molar-refractivity contribution in [1.82, 2.24) is 14.5 Å². The van der Waals surface area contributed by atoms with Crippen LogP contribution in [-0.4, -0.2) is 20.4 Å². The number of aromatic nitrogens is 3. The Bertz CT molecular complexity index is 1430. The summed E-state index contributed by atoms with van der Waals surface area (Å²) in [5, 5.41) is 4.53. The van der Waals surface area contributed by atoms with Crippen LogP contribution < -0.4 is 11.1 Å². The van der Waals surface area contributed by atoms with Gasteiger partial charge in [-0.1, -0.05) is 53.6 Å². The Morgan fingerprint density at radius 2 is 1.52 bits per heavy atom. The van der Waals surface area contributed by atoms with Crippen LogP contribution in [0.2, 0.25) is 0 Å². The van der Waals surface area contributed by atoms with Crippen LogP contribution in [0, 0.1) is 13.8 Å². The number of aryl methyl sites for hydroxylation is 2. The Morgan fingerprint density at radius 1 is 0.871 bits per heavy atom. The number of hydrogen-bond donors (Lipinski definition) is 2. The first-order valence-corrected chi connectivity index (χ1v) is 10.0. The van der Waals surface area contributed by atoms with E-state index in [-0.39, 0.29) is 11.6 Å². The molecule has 3 aromatic carbocycles. The fourth-order valence-corrected chi connectivity index (χ4v) is 3.76. The minimum absolute atomic E-state index is 0.0294. The third-order valence-corrected chi connectivity index (χ3v) is 5.35. The van der Waals surface area contributed by atoms with Gasteiger partial charge in [0.25, 0.3) is 5.91 Å². The summed E-state index contributed by atoms with van der Waals surface area (Å²) < 4.78 is 2.02. The van der Waals surface area contributed by atoms with Crippen LogP contribution in [-0.2, 0) is 0 Å². The van der Waals surface area contributed by atoms with E-state index in [9.17, 15) is 4.79 Å².